The van der Waals surface area contributed by atoms with Crippen LogP contribution in [0, 0.1) is 6.92 Å². The van der Waals surface area contributed by atoms with Crippen molar-refractivity contribution in [1.29, 1.82) is 0 Å². The predicted octanol–water partition coefficient (Wildman–Crippen LogP) is 6.13. The zero-order valence-electron chi connectivity index (χ0n) is 21.4. The number of benzene rings is 2. The first-order chi connectivity index (χ1) is 16.3. The van der Waals surface area contributed by atoms with Crippen molar-refractivity contribution in [2.24, 2.45) is 0 Å². The number of likely N-dealkylation sites (N-methyl/N-ethyl adjacent to an activating group) is 1. The molecule has 0 bridgehead atoms. The maximum atomic E-state index is 12.7. The van der Waals surface area contributed by atoms with Crippen molar-refractivity contribution in [3.05, 3.63) is 82.8 Å². The lowest BCUT2D eigenvalue weighted by atomic mass is 9.81. The molecule has 1 heterocycles. The Morgan fingerprint density at radius 3 is 2.56 bits per heavy atom. The molecule has 34 heavy (non-hydrogen) atoms. The number of hydrogen-bond acceptors (Lipinski definition) is 4. The summed E-state index contributed by atoms with van der Waals surface area (Å²) in [6.45, 7) is 13.0. The molecule has 0 saturated carbocycles. The van der Waals surface area contributed by atoms with Crippen LogP contribution in [0.25, 0.3) is 0 Å². The molecule has 1 N–H and O–H groups in total. The van der Waals surface area contributed by atoms with Gasteiger partial charge in [-0.25, -0.2) is 0 Å². The number of anilines is 1. The first kappa shape index (κ1) is 25.4. The minimum Gasteiger partial charge on any atom is -0.496 e. The van der Waals surface area contributed by atoms with Gasteiger partial charge in [-0.05, 0) is 67.1 Å². The molecule has 3 rings (SSSR count). The highest BCUT2D eigenvalue weighted by molar-refractivity contribution is 5.91. The van der Waals surface area contributed by atoms with Gasteiger partial charge in [0.2, 0.25) is 0 Å². The number of furan rings is 1. The molecule has 5 nitrogen and oxygen atoms in total. The maximum absolute atomic E-state index is 12.7. The smallest absolute Gasteiger partial charge is 0.287 e. The molecule has 5 heteroatoms. The van der Waals surface area contributed by atoms with Gasteiger partial charge in [-0.3, -0.25) is 4.79 Å². The normalized spacial score (nSPS) is 11.4. The number of nitrogens with zero attached hydrogens (tertiary/aromatic N) is 1. The molecule has 0 radical (unpaired) electrons. The molecule has 0 aliphatic heterocycles. The standard InChI is InChI=1S/C29H38N2O3/c1-7-29(4,5)23-12-14-26(33-6)22(19-23)20-25-13-15-27(34-25)28(32)30-16-17-31(8-2)24-11-9-10-21(3)18-24/h9-15,18-19H,7-8,16-17,20H2,1-6H3,(H,30,32). The molecule has 0 fully saturated rings. The van der Waals surface area contributed by atoms with Crippen molar-refractivity contribution in [2.75, 3.05) is 31.6 Å². The van der Waals surface area contributed by atoms with Crippen LogP contribution in [0.4, 0.5) is 5.69 Å². The number of carbonyl (C=O) groups excluding carboxylic acids is 1. The largest absolute Gasteiger partial charge is 0.496 e. The van der Waals surface area contributed by atoms with Crippen LogP contribution in [0.15, 0.2) is 59.0 Å². The molecule has 0 aliphatic carbocycles. The zero-order valence-corrected chi connectivity index (χ0v) is 21.4. The third-order valence-corrected chi connectivity index (χ3v) is 6.61. The van der Waals surface area contributed by atoms with E-state index in [1.54, 1.807) is 13.2 Å². The Kier molecular flexibility index (Phi) is 8.43. The van der Waals surface area contributed by atoms with E-state index in [-0.39, 0.29) is 11.3 Å². The summed E-state index contributed by atoms with van der Waals surface area (Å²) in [4.78, 5) is 14.9. The molecule has 2 aromatic carbocycles. The lowest BCUT2D eigenvalue weighted by Gasteiger charge is -2.24. The zero-order chi connectivity index (χ0) is 24.7. The number of ether oxygens (including phenoxy) is 1. The Balaban J connectivity index is 1.63. The summed E-state index contributed by atoms with van der Waals surface area (Å²) in [7, 11) is 1.68. The highest BCUT2D eigenvalue weighted by Crippen LogP contribution is 2.32. The topological polar surface area (TPSA) is 54.7 Å². The quantitative estimate of drug-likeness (QED) is 0.372. The monoisotopic (exact) mass is 462 g/mol. The van der Waals surface area contributed by atoms with Crippen molar-refractivity contribution in [3.8, 4) is 5.75 Å². The lowest BCUT2D eigenvalue weighted by Crippen LogP contribution is -2.34. The Morgan fingerprint density at radius 1 is 1.09 bits per heavy atom. The van der Waals surface area contributed by atoms with E-state index in [1.807, 2.05) is 12.1 Å². The van der Waals surface area contributed by atoms with Crippen LogP contribution in [0.2, 0.25) is 0 Å². The fourth-order valence-corrected chi connectivity index (χ4v) is 4.01. The van der Waals surface area contributed by atoms with E-state index in [0.717, 1.165) is 36.6 Å². The first-order valence-electron chi connectivity index (χ1n) is 12.1. The van der Waals surface area contributed by atoms with Crippen LogP contribution < -0.4 is 15.0 Å². The van der Waals surface area contributed by atoms with Crippen molar-refractivity contribution in [2.45, 2.75) is 52.9 Å². The molecule has 0 atom stereocenters. The summed E-state index contributed by atoms with van der Waals surface area (Å²) in [6, 6.07) is 18.4. The Morgan fingerprint density at radius 2 is 1.88 bits per heavy atom. The van der Waals surface area contributed by atoms with Gasteiger partial charge in [0.25, 0.3) is 5.91 Å². The fraction of sp³-hybridized carbons (Fsp3) is 0.414. The molecular formula is C29H38N2O3. The third kappa shape index (κ3) is 6.22. The molecule has 3 aromatic rings. The fourth-order valence-electron chi connectivity index (χ4n) is 4.01. The number of rotatable bonds is 11. The van der Waals surface area contributed by atoms with Crippen LogP contribution in [0.1, 0.15) is 67.1 Å². The van der Waals surface area contributed by atoms with Crippen LogP contribution in [0.5, 0.6) is 5.75 Å². The number of carbonyl (C=O) groups is 1. The average Bonchev–Trinajstić information content (AvgIpc) is 3.30. The SMILES string of the molecule is CCN(CCNC(=O)c1ccc(Cc2cc(C(C)(C)CC)ccc2OC)o1)c1cccc(C)c1. The summed E-state index contributed by atoms with van der Waals surface area (Å²) in [5, 5.41) is 2.99. The maximum Gasteiger partial charge on any atom is 0.287 e. The summed E-state index contributed by atoms with van der Waals surface area (Å²) in [6.07, 6.45) is 1.62. The summed E-state index contributed by atoms with van der Waals surface area (Å²) in [5.74, 6) is 1.70. The van der Waals surface area contributed by atoms with Gasteiger partial charge in [-0.15, -0.1) is 0 Å². The van der Waals surface area contributed by atoms with Crippen molar-refractivity contribution < 1.29 is 13.9 Å². The number of amides is 1. The predicted molar refractivity (Wildman–Crippen MR) is 139 cm³/mol. The Bertz CT molecular complexity index is 1100. The second kappa shape index (κ2) is 11.3. The van der Waals surface area contributed by atoms with E-state index in [9.17, 15) is 4.79 Å². The van der Waals surface area contributed by atoms with Crippen LogP contribution in [-0.4, -0.2) is 32.7 Å². The van der Waals surface area contributed by atoms with Crippen LogP contribution in [-0.2, 0) is 11.8 Å². The van der Waals surface area contributed by atoms with Gasteiger partial charge in [0.15, 0.2) is 5.76 Å². The molecule has 0 aliphatic rings. The van der Waals surface area contributed by atoms with Crippen LogP contribution in [0.3, 0.4) is 0 Å². The summed E-state index contributed by atoms with van der Waals surface area (Å²) in [5.41, 5.74) is 4.80. The lowest BCUT2D eigenvalue weighted by molar-refractivity contribution is 0.0925. The summed E-state index contributed by atoms with van der Waals surface area (Å²) < 4.78 is 11.5. The third-order valence-electron chi connectivity index (χ3n) is 6.61. The number of nitrogens with one attached hydrogen (secondary N) is 1. The minimum absolute atomic E-state index is 0.0834. The number of aryl methyl sites for hydroxylation is 1. The molecule has 182 valence electrons. The van der Waals surface area contributed by atoms with Gasteiger partial charge < -0.3 is 19.4 Å². The number of methoxy groups -OCH3 is 1. The minimum atomic E-state index is -0.195. The van der Waals surface area contributed by atoms with E-state index in [2.05, 4.69) is 81.2 Å². The summed E-state index contributed by atoms with van der Waals surface area (Å²) >= 11 is 0. The van der Waals surface area contributed by atoms with Gasteiger partial charge in [-0.1, -0.05) is 45.0 Å². The van der Waals surface area contributed by atoms with E-state index < -0.39 is 0 Å². The van der Waals surface area contributed by atoms with Crippen molar-refractivity contribution in [1.82, 2.24) is 5.32 Å². The Hall–Kier alpha value is -3.21. The molecular weight excluding hydrogens is 424 g/mol. The number of hydrogen-bond donors (Lipinski definition) is 1. The van der Waals surface area contributed by atoms with Gasteiger partial charge in [0, 0.05) is 37.3 Å². The van der Waals surface area contributed by atoms with Crippen molar-refractivity contribution >= 4 is 11.6 Å². The highest BCUT2D eigenvalue weighted by atomic mass is 16.5. The molecule has 1 amide bonds. The van der Waals surface area contributed by atoms with E-state index in [4.69, 9.17) is 9.15 Å². The van der Waals surface area contributed by atoms with E-state index in [1.165, 1.54) is 16.8 Å². The average molecular weight is 463 g/mol. The van der Waals surface area contributed by atoms with E-state index in [0.29, 0.717) is 18.7 Å². The van der Waals surface area contributed by atoms with Gasteiger partial charge in [0.05, 0.1) is 7.11 Å². The van der Waals surface area contributed by atoms with Gasteiger partial charge >= 0.3 is 0 Å². The second-order valence-corrected chi connectivity index (χ2v) is 9.38. The second-order valence-electron chi connectivity index (χ2n) is 9.38. The molecule has 1 aromatic heterocycles. The first-order valence-corrected chi connectivity index (χ1v) is 12.1. The molecule has 0 saturated heterocycles. The molecule has 0 unspecified atom stereocenters. The van der Waals surface area contributed by atoms with Gasteiger partial charge in [0.1, 0.15) is 11.5 Å². The highest BCUT2D eigenvalue weighted by Gasteiger charge is 2.20. The van der Waals surface area contributed by atoms with Gasteiger partial charge in [-0.2, -0.15) is 0 Å². The Labute approximate surface area is 204 Å². The van der Waals surface area contributed by atoms with Crippen LogP contribution >= 0.6 is 0 Å². The van der Waals surface area contributed by atoms with E-state index >= 15 is 0 Å². The molecule has 0 spiro atoms. The van der Waals surface area contributed by atoms with Crippen molar-refractivity contribution in [3.63, 3.8) is 0 Å².